The largest absolute Gasteiger partial charge is 0.348 e. The summed E-state index contributed by atoms with van der Waals surface area (Å²) in [6, 6.07) is 21.7. The van der Waals surface area contributed by atoms with Crippen molar-refractivity contribution >= 4 is 5.78 Å². The highest BCUT2D eigenvalue weighted by Crippen LogP contribution is 2.55. The van der Waals surface area contributed by atoms with E-state index in [-0.39, 0.29) is 16.6 Å². The molecule has 0 radical (unpaired) electrons. The first-order chi connectivity index (χ1) is 23.9. The molecule has 0 N–H and O–H groups in total. The van der Waals surface area contributed by atoms with Crippen LogP contribution in [0.3, 0.4) is 0 Å². The molecule has 0 amide bonds. The van der Waals surface area contributed by atoms with E-state index in [2.05, 4.69) is 80.1 Å². The summed E-state index contributed by atoms with van der Waals surface area (Å²) in [4.78, 5) is 12.1. The van der Waals surface area contributed by atoms with Crippen LogP contribution in [-0.4, -0.2) is 44.3 Å². The van der Waals surface area contributed by atoms with E-state index in [0.29, 0.717) is 24.0 Å². The van der Waals surface area contributed by atoms with Crippen LogP contribution in [0.15, 0.2) is 73.1 Å². The van der Waals surface area contributed by atoms with Gasteiger partial charge in [0.2, 0.25) is 0 Å². The fourth-order valence-corrected chi connectivity index (χ4v) is 10.5. The first-order valence-corrected chi connectivity index (χ1v) is 18.8. The van der Waals surface area contributed by atoms with Crippen LogP contribution in [0.2, 0.25) is 0 Å². The quantitative estimate of drug-likeness (QED) is 0.228. The molecule has 3 fully saturated rings. The average Bonchev–Trinajstić information content (AvgIpc) is 3.79. The summed E-state index contributed by atoms with van der Waals surface area (Å²) in [5.74, 6) is 1.12. The zero-order chi connectivity index (χ0) is 33.5. The molecule has 2 saturated carbocycles. The van der Waals surface area contributed by atoms with Crippen molar-refractivity contribution < 1.29 is 14.3 Å². The molecule has 1 aliphatic heterocycles. The third kappa shape index (κ3) is 6.22. The number of carbonyl (C=O) groups is 1. The molecule has 2 aromatic heterocycles. The normalized spacial score (nSPS) is 28.7. The van der Waals surface area contributed by atoms with Crippen molar-refractivity contribution in [2.75, 3.05) is 13.2 Å². The van der Waals surface area contributed by atoms with Gasteiger partial charge in [-0.1, -0.05) is 60.7 Å². The molecular formula is C42H52N4O3. The summed E-state index contributed by atoms with van der Waals surface area (Å²) < 4.78 is 16.2. The smallest absolute Gasteiger partial charge is 0.168 e. The number of benzene rings is 2. The minimum atomic E-state index is -0.329. The Bertz CT molecular complexity index is 1760. The summed E-state index contributed by atoms with van der Waals surface area (Å²) in [5, 5.41) is 9.91. The predicted molar refractivity (Wildman–Crippen MR) is 190 cm³/mol. The van der Waals surface area contributed by atoms with Crippen molar-refractivity contribution in [2.24, 2.45) is 25.9 Å². The fraction of sp³-hybridized carbons (Fsp3) is 0.548. The number of ketones is 1. The van der Waals surface area contributed by atoms with E-state index < -0.39 is 0 Å². The lowest BCUT2D eigenvalue weighted by atomic mass is 9.59. The average molecular weight is 661 g/mol. The number of fused-ring (bicyclic) bond motifs is 6. The van der Waals surface area contributed by atoms with E-state index >= 15 is 0 Å². The molecule has 4 aromatic rings. The van der Waals surface area contributed by atoms with Gasteiger partial charge in [0.15, 0.2) is 5.79 Å². The maximum absolute atomic E-state index is 12.1. The van der Waals surface area contributed by atoms with Crippen LogP contribution in [0.1, 0.15) is 97.8 Å². The Labute approximate surface area is 291 Å². The number of carbonyl (C=O) groups excluding carboxylic acids is 1. The second-order valence-corrected chi connectivity index (χ2v) is 15.7. The minimum Gasteiger partial charge on any atom is -0.348 e. The van der Waals surface area contributed by atoms with Crippen molar-refractivity contribution in [1.29, 1.82) is 0 Å². The molecule has 1 saturated heterocycles. The van der Waals surface area contributed by atoms with Gasteiger partial charge >= 0.3 is 0 Å². The molecule has 4 aliphatic carbocycles. The van der Waals surface area contributed by atoms with Crippen molar-refractivity contribution in [3.05, 3.63) is 107 Å². The lowest BCUT2D eigenvalue weighted by Crippen LogP contribution is -2.49. The molecule has 7 heteroatoms. The molecule has 2 aromatic carbocycles. The van der Waals surface area contributed by atoms with Crippen LogP contribution in [0.5, 0.6) is 0 Å². The lowest BCUT2D eigenvalue weighted by molar-refractivity contribution is -0.199. The molecule has 0 bridgehead atoms. The summed E-state index contributed by atoms with van der Waals surface area (Å²) >= 11 is 0. The molecule has 9 rings (SSSR count). The number of hydrogen-bond donors (Lipinski definition) is 0. The van der Waals surface area contributed by atoms with Crippen LogP contribution < -0.4 is 0 Å². The van der Waals surface area contributed by atoms with Crippen LogP contribution in [0, 0.1) is 11.8 Å². The van der Waals surface area contributed by atoms with Crippen molar-refractivity contribution in [3.8, 4) is 0 Å². The zero-order valence-corrected chi connectivity index (χ0v) is 29.4. The second-order valence-electron chi connectivity index (χ2n) is 15.7. The first kappa shape index (κ1) is 32.6. The molecule has 49 heavy (non-hydrogen) atoms. The number of Topliss-reactive ketones (excluding diaryl/α,β-unsaturated/α-hetero) is 1. The monoisotopic (exact) mass is 660 g/mol. The van der Waals surface area contributed by atoms with E-state index in [0.717, 1.165) is 77.4 Å². The van der Waals surface area contributed by atoms with Crippen LogP contribution in [0.25, 0.3) is 0 Å². The van der Waals surface area contributed by atoms with E-state index in [4.69, 9.17) is 19.7 Å². The van der Waals surface area contributed by atoms with Gasteiger partial charge in [0, 0.05) is 63.0 Å². The number of rotatable bonds is 4. The van der Waals surface area contributed by atoms with Gasteiger partial charge in [-0.3, -0.25) is 14.2 Å². The number of nitrogens with zero attached hydrogens (tertiary/aromatic N) is 4. The Morgan fingerprint density at radius 2 is 1.22 bits per heavy atom. The third-order valence-corrected chi connectivity index (χ3v) is 12.7. The van der Waals surface area contributed by atoms with Gasteiger partial charge in [0.05, 0.1) is 24.6 Å². The number of ether oxygens (including phenoxy) is 2. The van der Waals surface area contributed by atoms with Gasteiger partial charge in [-0.15, -0.1) is 0 Å². The summed E-state index contributed by atoms with van der Waals surface area (Å²) in [6.45, 7) is 1.49. The molecule has 258 valence electrons. The predicted octanol–water partition coefficient (Wildman–Crippen LogP) is 7.39. The van der Waals surface area contributed by atoms with Crippen molar-refractivity contribution in [1.82, 2.24) is 19.6 Å². The zero-order valence-electron chi connectivity index (χ0n) is 29.4. The topological polar surface area (TPSA) is 71.2 Å². The fourth-order valence-electron chi connectivity index (χ4n) is 10.5. The van der Waals surface area contributed by atoms with Crippen LogP contribution in [0.4, 0.5) is 0 Å². The molecule has 0 unspecified atom stereocenters. The molecule has 7 nitrogen and oxygen atoms in total. The van der Waals surface area contributed by atoms with Gasteiger partial charge in [0.25, 0.3) is 0 Å². The Hall–Kier alpha value is -3.55. The molecule has 1 spiro atoms. The Kier molecular flexibility index (Phi) is 8.86. The Morgan fingerprint density at radius 1 is 0.694 bits per heavy atom. The van der Waals surface area contributed by atoms with Crippen molar-refractivity contribution in [2.45, 2.75) is 107 Å². The lowest BCUT2D eigenvalue weighted by Gasteiger charge is -2.49. The van der Waals surface area contributed by atoms with Gasteiger partial charge in [-0.2, -0.15) is 10.2 Å². The van der Waals surface area contributed by atoms with Gasteiger partial charge in [0.1, 0.15) is 5.78 Å². The van der Waals surface area contributed by atoms with Crippen LogP contribution in [-0.2, 0) is 64.9 Å². The Morgan fingerprint density at radius 3 is 1.80 bits per heavy atom. The second kappa shape index (κ2) is 13.3. The van der Waals surface area contributed by atoms with Crippen LogP contribution >= 0.6 is 0 Å². The summed E-state index contributed by atoms with van der Waals surface area (Å²) in [5.41, 5.74) is 8.41. The maximum atomic E-state index is 12.1. The number of aromatic nitrogens is 4. The summed E-state index contributed by atoms with van der Waals surface area (Å²) in [6.07, 6.45) is 19.0. The standard InChI is InChI=1S/C22H28N2O2.C20H24N2O/c1-24-16-18-8-5-9-19-15-22(25-12-13-26-22)11-10-21(19,20(18)23-24)14-17-6-3-2-4-7-17;1-22-14-16-8-5-9-17-12-18(23)10-11-20(17,19(16)21-22)13-15-6-3-2-4-7-15/h2-4,6-7,16,19H,5,8-15H2,1H3;2-4,6-7,14,17H,5,8-13H2,1H3/t19-,21-;17-,20-/m00/s1. The van der Waals surface area contributed by atoms with E-state index in [1.54, 1.807) is 0 Å². The van der Waals surface area contributed by atoms with E-state index in [9.17, 15) is 4.79 Å². The molecular weight excluding hydrogens is 608 g/mol. The minimum absolute atomic E-state index is 0.0440. The molecule has 5 aliphatic rings. The maximum Gasteiger partial charge on any atom is 0.168 e. The molecule has 4 atom stereocenters. The van der Waals surface area contributed by atoms with Gasteiger partial charge in [-0.25, -0.2) is 0 Å². The highest BCUT2D eigenvalue weighted by atomic mass is 16.7. The van der Waals surface area contributed by atoms with E-state index in [1.807, 2.05) is 16.4 Å². The van der Waals surface area contributed by atoms with Gasteiger partial charge < -0.3 is 9.47 Å². The highest BCUT2D eigenvalue weighted by molar-refractivity contribution is 5.80. The van der Waals surface area contributed by atoms with Gasteiger partial charge in [-0.05, 0) is 98.3 Å². The summed E-state index contributed by atoms with van der Waals surface area (Å²) in [7, 11) is 4.08. The number of aryl methyl sites for hydroxylation is 4. The number of hydrogen-bond acceptors (Lipinski definition) is 5. The first-order valence-electron chi connectivity index (χ1n) is 18.8. The SMILES string of the molecule is Cn1cc2c(n1)[C@]1(Cc3ccccc3)CCC(=O)C[C@@H]1CCC2.Cn1cc2c(n1)[C@]1(Cc3ccccc3)CCC3(C[C@@H]1CCC2)OCCO3. The third-order valence-electron chi connectivity index (χ3n) is 12.7. The Balaban J connectivity index is 0.000000143. The molecule has 3 heterocycles. The highest BCUT2D eigenvalue weighted by Gasteiger charge is 2.55. The van der Waals surface area contributed by atoms with Crippen molar-refractivity contribution in [3.63, 3.8) is 0 Å². The van der Waals surface area contributed by atoms with E-state index in [1.165, 1.54) is 52.9 Å².